The molecule has 1 aliphatic heterocycles. The first kappa shape index (κ1) is 38.5. The zero-order valence-electron chi connectivity index (χ0n) is 27.4. The SMILES string of the molecule is CN(C)C1=C(/C=C/c2sc3ccccc3c2CCCCS(=O)(=O)O)CCC1CCC1Sc2ccccc2N1CCCCS(=O)(=O)[O-].[Na+]. The number of unbranched alkanes of at least 4 members (excludes halogenated alkanes) is 2. The molecule has 0 spiro atoms. The number of allylic oxidation sites excluding steroid dienone is 3. The molecule has 2 aliphatic rings. The average molecular weight is 727 g/mol. The van der Waals surface area contributed by atoms with Crippen molar-refractivity contribution < 1.29 is 55.5 Å². The third-order valence-electron chi connectivity index (χ3n) is 8.79. The Labute approximate surface area is 310 Å². The van der Waals surface area contributed by atoms with Crippen LogP contribution in [0, 0.1) is 5.92 Å². The molecule has 0 saturated carbocycles. The number of anilines is 1. The van der Waals surface area contributed by atoms with E-state index in [1.807, 2.05) is 30.0 Å². The van der Waals surface area contributed by atoms with Gasteiger partial charge in [0.15, 0.2) is 0 Å². The fourth-order valence-electron chi connectivity index (χ4n) is 6.77. The predicted octanol–water partition coefficient (Wildman–Crippen LogP) is 4.40. The Balaban J connectivity index is 0.00000500. The van der Waals surface area contributed by atoms with E-state index < -0.39 is 20.2 Å². The molecule has 2 unspecified atom stereocenters. The van der Waals surface area contributed by atoms with Crippen LogP contribution < -0.4 is 34.5 Å². The Kier molecular flexibility index (Phi) is 13.9. The van der Waals surface area contributed by atoms with E-state index >= 15 is 0 Å². The van der Waals surface area contributed by atoms with Crippen molar-refractivity contribution in [3.63, 3.8) is 0 Å². The van der Waals surface area contributed by atoms with E-state index in [4.69, 9.17) is 4.55 Å². The standard InChI is InChI=1S/C34H44N2O6S4.Na/c1-35(2)34-25(18-20-31-28(12-7-9-23-45(37,38)39)27-11-3-5-14-30(27)43-31)16-17-26(34)19-21-33-36(22-8-10-24-46(40,41)42)29-13-4-6-15-32(29)44-33;/h3-6,11,13-15,18,20,26,33H,7-10,12,16-17,19,21-24H2,1-2H3,(H,37,38,39)(H,40,41,42);/q;+1/p-1/b20-18+;. The van der Waals surface area contributed by atoms with Crippen LogP contribution in [-0.4, -0.2) is 68.4 Å². The van der Waals surface area contributed by atoms with Gasteiger partial charge in [-0.2, -0.15) is 8.42 Å². The molecule has 2 heterocycles. The van der Waals surface area contributed by atoms with Crippen molar-refractivity contribution in [3.05, 3.63) is 76.3 Å². The number of hydrogen-bond acceptors (Lipinski definition) is 9. The molecule has 2 aromatic carbocycles. The van der Waals surface area contributed by atoms with Gasteiger partial charge < -0.3 is 14.4 Å². The van der Waals surface area contributed by atoms with Gasteiger partial charge in [0.2, 0.25) is 0 Å². The molecule has 1 aromatic heterocycles. The van der Waals surface area contributed by atoms with E-state index in [0.29, 0.717) is 31.6 Å². The van der Waals surface area contributed by atoms with Crippen LogP contribution in [0.25, 0.3) is 16.2 Å². The van der Waals surface area contributed by atoms with Gasteiger partial charge in [0.1, 0.15) is 0 Å². The van der Waals surface area contributed by atoms with Crippen molar-refractivity contribution >= 4 is 65.2 Å². The van der Waals surface area contributed by atoms with Crippen molar-refractivity contribution in [2.24, 2.45) is 5.92 Å². The monoisotopic (exact) mass is 726 g/mol. The molecule has 13 heteroatoms. The number of benzene rings is 2. The Morgan fingerprint density at radius 2 is 1.68 bits per heavy atom. The van der Waals surface area contributed by atoms with Crippen LogP contribution in [0.1, 0.15) is 61.8 Å². The van der Waals surface area contributed by atoms with Gasteiger partial charge in [0, 0.05) is 46.6 Å². The van der Waals surface area contributed by atoms with Gasteiger partial charge in [-0.3, -0.25) is 4.55 Å². The zero-order valence-corrected chi connectivity index (χ0v) is 32.7. The molecule has 0 bridgehead atoms. The Bertz CT molecular complexity index is 1800. The average Bonchev–Trinajstić information content (AvgIpc) is 3.67. The van der Waals surface area contributed by atoms with E-state index in [9.17, 15) is 21.4 Å². The number of nitrogens with zero attached hydrogens (tertiary/aromatic N) is 2. The molecule has 1 N–H and O–H groups in total. The van der Waals surface area contributed by atoms with Crippen LogP contribution in [0.4, 0.5) is 5.69 Å². The summed E-state index contributed by atoms with van der Waals surface area (Å²) in [5.74, 6) is -0.0868. The molecule has 3 aromatic rings. The van der Waals surface area contributed by atoms with Gasteiger partial charge in [-0.15, -0.1) is 11.3 Å². The van der Waals surface area contributed by atoms with Crippen LogP contribution in [0.15, 0.2) is 70.8 Å². The molecule has 8 nitrogen and oxygen atoms in total. The third-order valence-corrected chi connectivity index (χ3v) is 12.9. The Morgan fingerprint density at radius 3 is 2.43 bits per heavy atom. The summed E-state index contributed by atoms with van der Waals surface area (Å²) < 4.78 is 66.1. The van der Waals surface area contributed by atoms with Crippen LogP contribution in [-0.2, 0) is 26.7 Å². The minimum Gasteiger partial charge on any atom is -0.748 e. The van der Waals surface area contributed by atoms with Gasteiger partial charge in [-0.25, -0.2) is 8.42 Å². The van der Waals surface area contributed by atoms with E-state index in [1.165, 1.54) is 42.4 Å². The Hall–Kier alpha value is -1.35. The molecular formula is C34H43N2NaO6S4. The number of thiophene rings is 1. The van der Waals surface area contributed by atoms with Crippen molar-refractivity contribution in [1.29, 1.82) is 0 Å². The van der Waals surface area contributed by atoms with Gasteiger partial charge in [0.05, 0.1) is 26.9 Å². The largest absolute Gasteiger partial charge is 1.00 e. The smallest absolute Gasteiger partial charge is 0.748 e. The van der Waals surface area contributed by atoms with Crippen molar-refractivity contribution in [3.8, 4) is 0 Å². The molecule has 5 rings (SSSR count). The molecule has 2 atom stereocenters. The van der Waals surface area contributed by atoms with Gasteiger partial charge in [0.25, 0.3) is 10.1 Å². The molecule has 0 radical (unpaired) electrons. The van der Waals surface area contributed by atoms with Gasteiger partial charge >= 0.3 is 29.6 Å². The number of thioether (sulfide) groups is 1. The third kappa shape index (κ3) is 10.6. The van der Waals surface area contributed by atoms with Crippen LogP contribution in [0.3, 0.4) is 0 Å². The predicted molar refractivity (Wildman–Crippen MR) is 190 cm³/mol. The summed E-state index contributed by atoms with van der Waals surface area (Å²) in [5.41, 5.74) is 5.15. The van der Waals surface area contributed by atoms with E-state index in [0.717, 1.165) is 38.6 Å². The molecule has 0 fully saturated rings. The van der Waals surface area contributed by atoms with E-state index in [-0.39, 0.29) is 46.4 Å². The second-order valence-corrected chi connectivity index (χ2v) is 17.7. The summed E-state index contributed by atoms with van der Waals surface area (Å²) in [6.45, 7) is 0.729. The van der Waals surface area contributed by atoms with Crippen molar-refractivity contribution in [1.82, 2.24) is 4.90 Å². The molecule has 47 heavy (non-hydrogen) atoms. The summed E-state index contributed by atoms with van der Waals surface area (Å²) in [4.78, 5) is 7.10. The van der Waals surface area contributed by atoms with E-state index in [2.05, 4.69) is 66.4 Å². The normalized spacial score (nSPS) is 18.3. The fourth-order valence-corrected chi connectivity index (χ4v) is 10.4. The summed E-state index contributed by atoms with van der Waals surface area (Å²) in [6, 6.07) is 16.7. The number of rotatable bonds is 16. The van der Waals surface area contributed by atoms with Crippen molar-refractivity contribution in [2.45, 2.75) is 68.1 Å². The molecule has 1 aliphatic carbocycles. The second-order valence-electron chi connectivity index (χ2n) is 12.3. The summed E-state index contributed by atoms with van der Waals surface area (Å²) in [6.07, 6.45) is 11.6. The maximum atomic E-state index is 11.2. The number of para-hydroxylation sites is 1. The Morgan fingerprint density at radius 1 is 0.957 bits per heavy atom. The van der Waals surface area contributed by atoms with Crippen LogP contribution >= 0.6 is 23.1 Å². The van der Waals surface area contributed by atoms with Crippen LogP contribution in [0.5, 0.6) is 0 Å². The first-order chi connectivity index (χ1) is 21.9. The molecule has 250 valence electrons. The molecular weight excluding hydrogens is 684 g/mol. The minimum absolute atomic E-state index is 0. The second kappa shape index (κ2) is 17.0. The van der Waals surface area contributed by atoms with Crippen LogP contribution in [0.2, 0.25) is 0 Å². The zero-order chi connectivity index (χ0) is 32.9. The van der Waals surface area contributed by atoms with Crippen molar-refractivity contribution in [2.75, 3.05) is 37.0 Å². The number of fused-ring (bicyclic) bond motifs is 2. The molecule has 0 amide bonds. The first-order valence-corrected chi connectivity index (χ1v) is 20.8. The summed E-state index contributed by atoms with van der Waals surface area (Å²) in [5, 5.41) is 1.48. The quantitative estimate of drug-likeness (QED) is 0.130. The summed E-state index contributed by atoms with van der Waals surface area (Å²) in [7, 11) is -3.90. The first-order valence-electron chi connectivity index (χ1n) is 15.9. The maximum absolute atomic E-state index is 11.2. The fraction of sp³-hybridized carbons (Fsp3) is 0.471. The van der Waals surface area contributed by atoms with Gasteiger partial charge in [-0.1, -0.05) is 48.2 Å². The maximum Gasteiger partial charge on any atom is 1.00 e. The molecule has 0 saturated heterocycles. The minimum atomic E-state index is -4.19. The number of aryl methyl sites for hydroxylation is 1. The number of hydrogen-bond donors (Lipinski definition) is 1. The van der Waals surface area contributed by atoms with Gasteiger partial charge in [-0.05, 0) is 105 Å². The topological polar surface area (TPSA) is 118 Å². The van der Waals surface area contributed by atoms with E-state index in [1.54, 1.807) is 11.3 Å². The summed E-state index contributed by atoms with van der Waals surface area (Å²) >= 11 is 3.64.